The zero-order valence-electron chi connectivity index (χ0n) is 13.5. The summed E-state index contributed by atoms with van der Waals surface area (Å²) in [4.78, 5) is 18.1. The lowest BCUT2D eigenvalue weighted by Gasteiger charge is -2.26. The van der Waals surface area contributed by atoms with Crippen molar-refractivity contribution in [2.75, 3.05) is 13.7 Å². The summed E-state index contributed by atoms with van der Waals surface area (Å²) in [5.41, 5.74) is -0.0498. The van der Waals surface area contributed by atoms with Crippen molar-refractivity contribution in [3.8, 4) is 0 Å². The molecule has 1 aliphatic rings. The lowest BCUT2D eigenvalue weighted by molar-refractivity contribution is -0.142. The Bertz CT molecular complexity index is 470. The zero-order valence-corrected chi connectivity index (χ0v) is 13.5. The summed E-state index contributed by atoms with van der Waals surface area (Å²) in [7, 11) is 1.43. The van der Waals surface area contributed by atoms with Crippen molar-refractivity contribution < 1.29 is 13.9 Å². The van der Waals surface area contributed by atoms with Crippen molar-refractivity contribution in [3.63, 3.8) is 0 Å². The van der Waals surface area contributed by atoms with Gasteiger partial charge >= 0.3 is 5.97 Å². The van der Waals surface area contributed by atoms with Gasteiger partial charge in [-0.2, -0.15) is 0 Å². The van der Waals surface area contributed by atoms with E-state index in [0.29, 0.717) is 25.0 Å². The quantitative estimate of drug-likeness (QED) is 0.782. The molecule has 1 heterocycles. The predicted octanol–water partition coefficient (Wildman–Crippen LogP) is 2.89. The molecule has 1 saturated carbocycles. The molecule has 0 aromatic carbocycles. The Balaban J connectivity index is 2.06. The van der Waals surface area contributed by atoms with Crippen LogP contribution in [0.1, 0.15) is 58.1 Å². The first-order valence-electron chi connectivity index (χ1n) is 7.66. The van der Waals surface area contributed by atoms with Crippen molar-refractivity contribution in [1.29, 1.82) is 0 Å². The largest absolute Gasteiger partial charge is 0.468 e. The summed E-state index contributed by atoms with van der Waals surface area (Å²) in [6.07, 6.45) is 6.50. The van der Waals surface area contributed by atoms with Crippen molar-refractivity contribution >= 4 is 5.97 Å². The van der Waals surface area contributed by atoms with Crippen LogP contribution in [0.5, 0.6) is 0 Å². The van der Waals surface area contributed by atoms with Gasteiger partial charge in [-0.15, -0.1) is 0 Å². The number of carbonyl (C=O) groups is 1. The third-order valence-corrected chi connectivity index (χ3v) is 4.03. The van der Waals surface area contributed by atoms with E-state index in [9.17, 15) is 4.79 Å². The van der Waals surface area contributed by atoms with Gasteiger partial charge in [0.1, 0.15) is 5.76 Å². The summed E-state index contributed by atoms with van der Waals surface area (Å²) in [5, 5.41) is 0. The Hall–Kier alpha value is -1.36. The van der Waals surface area contributed by atoms with Gasteiger partial charge in [-0.05, 0) is 12.8 Å². The normalized spacial score (nSPS) is 16.6. The molecule has 0 N–H and O–H groups in total. The Morgan fingerprint density at radius 2 is 2.10 bits per heavy atom. The number of hydrogen-bond acceptors (Lipinski definition) is 5. The number of hydrogen-bond donors (Lipinski definition) is 0. The number of aromatic nitrogens is 1. The highest BCUT2D eigenvalue weighted by Crippen LogP contribution is 2.26. The zero-order chi connectivity index (χ0) is 15.5. The van der Waals surface area contributed by atoms with E-state index in [1.807, 2.05) is 0 Å². The Morgan fingerprint density at radius 3 is 2.62 bits per heavy atom. The van der Waals surface area contributed by atoms with E-state index in [0.717, 1.165) is 18.6 Å². The minimum Gasteiger partial charge on any atom is -0.468 e. The molecule has 0 atom stereocenters. The highest BCUT2D eigenvalue weighted by Gasteiger charge is 2.27. The number of esters is 1. The van der Waals surface area contributed by atoms with Crippen molar-refractivity contribution in [2.45, 2.75) is 64.5 Å². The number of methoxy groups -OCH3 is 1. The van der Waals surface area contributed by atoms with E-state index in [-0.39, 0.29) is 11.4 Å². The van der Waals surface area contributed by atoms with Gasteiger partial charge in [-0.25, -0.2) is 4.98 Å². The summed E-state index contributed by atoms with van der Waals surface area (Å²) < 4.78 is 10.7. The van der Waals surface area contributed by atoms with E-state index in [1.54, 1.807) is 6.20 Å². The van der Waals surface area contributed by atoms with E-state index in [2.05, 4.69) is 30.7 Å². The van der Waals surface area contributed by atoms with Crippen LogP contribution < -0.4 is 0 Å². The topological polar surface area (TPSA) is 55.6 Å². The molecule has 0 saturated heterocycles. The van der Waals surface area contributed by atoms with Crippen molar-refractivity contribution in [1.82, 2.24) is 9.88 Å². The van der Waals surface area contributed by atoms with Crippen LogP contribution in [0.25, 0.3) is 0 Å². The number of ether oxygens (including phenoxy) is 1. The first-order valence-corrected chi connectivity index (χ1v) is 7.66. The number of rotatable bonds is 5. The van der Waals surface area contributed by atoms with E-state index in [1.165, 1.54) is 20.0 Å². The molecule has 118 valence electrons. The van der Waals surface area contributed by atoms with E-state index < -0.39 is 0 Å². The van der Waals surface area contributed by atoms with E-state index >= 15 is 0 Å². The minimum absolute atomic E-state index is 0.0498. The molecular weight excluding hydrogens is 268 g/mol. The van der Waals surface area contributed by atoms with Crippen LogP contribution in [0.2, 0.25) is 0 Å². The first-order chi connectivity index (χ1) is 9.90. The molecule has 1 aromatic heterocycles. The highest BCUT2D eigenvalue weighted by atomic mass is 16.5. The fourth-order valence-electron chi connectivity index (χ4n) is 2.72. The van der Waals surface area contributed by atoms with Crippen LogP contribution in [-0.4, -0.2) is 35.5 Å². The summed E-state index contributed by atoms with van der Waals surface area (Å²) >= 11 is 0. The van der Waals surface area contributed by atoms with Crippen LogP contribution in [0.15, 0.2) is 10.6 Å². The van der Waals surface area contributed by atoms with Crippen molar-refractivity contribution in [3.05, 3.63) is 17.8 Å². The minimum atomic E-state index is -0.204. The SMILES string of the molecule is COC(=O)CN(Cc1ncc(C(C)(C)C)o1)C1CCCC1. The van der Waals surface area contributed by atoms with Gasteiger partial charge in [-0.3, -0.25) is 9.69 Å². The lowest BCUT2D eigenvalue weighted by Crippen LogP contribution is -2.37. The number of carbonyl (C=O) groups excluding carboxylic acids is 1. The highest BCUT2D eigenvalue weighted by molar-refractivity contribution is 5.71. The van der Waals surface area contributed by atoms with Crippen molar-refractivity contribution in [2.24, 2.45) is 0 Å². The second kappa shape index (κ2) is 6.60. The molecule has 0 amide bonds. The fraction of sp³-hybridized carbons (Fsp3) is 0.750. The Labute approximate surface area is 126 Å². The Kier molecular flexibility index (Phi) is 5.04. The van der Waals surface area contributed by atoms with Gasteiger partial charge < -0.3 is 9.15 Å². The van der Waals surface area contributed by atoms with Crippen LogP contribution in [-0.2, 0) is 21.5 Å². The molecular formula is C16H26N2O3. The summed E-state index contributed by atoms with van der Waals surface area (Å²) in [5.74, 6) is 1.35. The Morgan fingerprint density at radius 1 is 1.43 bits per heavy atom. The molecule has 1 aromatic rings. The number of oxazole rings is 1. The molecule has 0 bridgehead atoms. The average molecular weight is 294 g/mol. The second-order valence-electron chi connectivity index (χ2n) is 6.79. The molecule has 0 spiro atoms. The fourth-order valence-corrected chi connectivity index (χ4v) is 2.72. The van der Waals surface area contributed by atoms with Crippen LogP contribution in [0.3, 0.4) is 0 Å². The molecule has 21 heavy (non-hydrogen) atoms. The third-order valence-electron chi connectivity index (χ3n) is 4.03. The van der Waals surface area contributed by atoms with E-state index in [4.69, 9.17) is 9.15 Å². The average Bonchev–Trinajstić information content (AvgIpc) is 3.08. The standard InChI is InChI=1S/C16H26N2O3/c1-16(2,3)13-9-17-14(21-13)10-18(11-15(19)20-4)12-7-5-6-8-12/h9,12H,5-8,10-11H2,1-4H3. The second-order valence-corrected chi connectivity index (χ2v) is 6.79. The van der Waals surface area contributed by atoms with Gasteiger partial charge in [0.15, 0.2) is 0 Å². The molecule has 1 aliphatic carbocycles. The van der Waals surface area contributed by atoms with Crippen LogP contribution >= 0.6 is 0 Å². The van der Waals surface area contributed by atoms with Gasteiger partial charge in [0.05, 0.1) is 26.4 Å². The van der Waals surface area contributed by atoms with Gasteiger partial charge in [0.2, 0.25) is 5.89 Å². The molecule has 5 nitrogen and oxygen atoms in total. The molecule has 2 rings (SSSR count). The van der Waals surface area contributed by atoms with Crippen LogP contribution in [0.4, 0.5) is 0 Å². The maximum Gasteiger partial charge on any atom is 0.319 e. The van der Waals surface area contributed by atoms with Gasteiger partial charge in [0, 0.05) is 11.5 Å². The van der Waals surface area contributed by atoms with Gasteiger partial charge in [-0.1, -0.05) is 33.6 Å². The smallest absolute Gasteiger partial charge is 0.319 e. The molecule has 5 heteroatoms. The monoisotopic (exact) mass is 294 g/mol. The first kappa shape index (κ1) is 16.0. The summed E-state index contributed by atoms with van der Waals surface area (Å²) in [6.45, 7) is 7.16. The molecule has 0 aliphatic heterocycles. The lowest BCUT2D eigenvalue weighted by atomic mass is 9.94. The predicted molar refractivity (Wildman–Crippen MR) is 79.9 cm³/mol. The van der Waals surface area contributed by atoms with Crippen LogP contribution in [0, 0.1) is 0 Å². The number of nitrogens with zero attached hydrogens (tertiary/aromatic N) is 2. The maximum absolute atomic E-state index is 11.6. The molecule has 0 radical (unpaired) electrons. The maximum atomic E-state index is 11.6. The molecule has 1 fully saturated rings. The summed E-state index contributed by atoms with van der Waals surface area (Å²) in [6, 6.07) is 0.425. The van der Waals surface area contributed by atoms with Gasteiger partial charge in [0.25, 0.3) is 0 Å². The third kappa shape index (κ3) is 4.30. The molecule has 0 unspecified atom stereocenters.